The van der Waals surface area contributed by atoms with Gasteiger partial charge in [-0.1, -0.05) is 259 Å². The van der Waals surface area contributed by atoms with E-state index in [1.165, 1.54) is 167 Å². The topological polar surface area (TPSA) is 69.6 Å². The van der Waals surface area contributed by atoms with Crippen LogP contribution in [-0.2, 0) is 4.79 Å². The number of hydrogen-bond acceptors (Lipinski definition) is 3. The van der Waals surface area contributed by atoms with Crippen molar-refractivity contribution in [3.05, 3.63) is 97.2 Å². The summed E-state index contributed by atoms with van der Waals surface area (Å²) in [6, 6.07) is -0.652. The molecule has 64 heavy (non-hydrogen) atoms. The van der Waals surface area contributed by atoms with E-state index in [0.717, 1.165) is 70.6 Å². The Labute approximate surface area is 398 Å². The first-order chi connectivity index (χ1) is 31.7. The first kappa shape index (κ1) is 61.3. The minimum Gasteiger partial charge on any atom is -0.394 e. The number of amides is 1. The zero-order chi connectivity index (χ0) is 46.3. The van der Waals surface area contributed by atoms with Crippen molar-refractivity contribution in [2.75, 3.05) is 6.61 Å². The fourth-order valence-corrected chi connectivity index (χ4v) is 7.88. The molecule has 0 bridgehead atoms. The fourth-order valence-electron chi connectivity index (χ4n) is 7.88. The maximum atomic E-state index is 12.5. The Morgan fingerprint density at radius 3 is 1.09 bits per heavy atom. The number of unbranched alkanes of at least 4 members (excludes halogenated alkanes) is 28. The number of allylic oxidation sites excluding steroid dienone is 15. The maximum Gasteiger partial charge on any atom is 0.220 e. The van der Waals surface area contributed by atoms with E-state index in [-0.39, 0.29) is 12.5 Å². The first-order valence-corrected chi connectivity index (χ1v) is 27.5. The molecule has 0 aliphatic heterocycles. The molecule has 0 aliphatic carbocycles. The van der Waals surface area contributed by atoms with Crippen LogP contribution >= 0.6 is 0 Å². The highest BCUT2D eigenvalue weighted by molar-refractivity contribution is 5.76. The van der Waals surface area contributed by atoms with Crippen molar-refractivity contribution in [1.29, 1.82) is 0 Å². The minimum absolute atomic E-state index is 0.0815. The van der Waals surface area contributed by atoms with Gasteiger partial charge in [0.2, 0.25) is 5.91 Å². The molecule has 0 aromatic carbocycles. The molecule has 4 heteroatoms. The standard InChI is InChI=1S/C60H105NO3/c1-3-5-7-9-11-13-15-17-19-21-23-25-27-28-29-30-31-32-34-36-38-40-42-44-46-48-50-52-54-56-60(64)61-58(57-62)59(63)55-53-51-49-47-45-43-41-39-37-35-33-26-24-22-20-18-16-14-12-10-8-6-4-2/h5,7,11,13,17,19,23,25,28-29,37,39,45,47,53,55,58-59,62-63H,3-4,6,8-10,12,14-16,18,20-22,24,26-27,30-36,38,40-44,46,48-52,54,56-57H2,1-2H3,(H,61,64)/b7-5-,13-11-,19-17-,25-23-,29-28-,39-37+,47-45+,55-53+. The molecule has 2 unspecified atom stereocenters. The Bertz CT molecular complexity index is 1190. The number of carbonyl (C=O) groups excluding carboxylic acids is 1. The van der Waals surface area contributed by atoms with E-state index >= 15 is 0 Å². The lowest BCUT2D eigenvalue weighted by molar-refractivity contribution is -0.123. The van der Waals surface area contributed by atoms with E-state index in [4.69, 9.17) is 0 Å². The van der Waals surface area contributed by atoms with E-state index in [9.17, 15) is 15.0 Å². The maximum absolute atomic E-state index is 12.5. The van der Waals surface area contributed by atoms with Crippen LogP contribution in [0.4, 0.5) is 0 Å². The van der Waals surface area contributed by atoms with Gasteiger partial charge >= 0.3 is 0 Å². The zero-order valence-electron chi connectivity index (χ0n) is 42.3. The second kappa shape index (κ2) is 54.6. The summed E-state index contributed by atoms with van der Waals surface area (Å²) in [5.74, 6) is -0.0815. The number of carbonyl (C=O) groups is 1. The van der Waals surface area contributed by atoms with Gasteiger partial charge in [-0.3, -0.25) is 4.79 Å². The summed E-state index contributed by atoms with van der Waals surface area (Å²) >= 11 is 0. The normalized spacial score (nSPS) is 13.6. The third-order valence-corrected chi connectivity index (χ3v) is 12.0. The molecule has 3 N–H and O–H groups in total. The Morgan fingerprint density at radius 1 is 0.391 bits per heavy atom. The second-order valence-electron chi connectivity index (χ2n) is 18.2. The van der Waals surface area contributed by atoms with Gasteiger partial charge in [0.05, 0.1) is 18.8 Å². The Balaban J connectivity index is 3.60. The summed E-state index contributed by atoms with van der Waals surface area (Å²) < 4.78 is 0. The van der Waals surface area contributed by atoms with Gasteiger partial charge in [0, 0.05) is 6.42 Å². The van der Waals surface area contributed by atoms with Crippen LogP contribution in [0.3, 0.4) is 0 Å². The largest absolute Gasteiger partial charge is 0.394 e. The van der Waals surface area contributed by atoms with E-state index < -0.39 is 12.1 Å². The molecule has 0 aromatic heterocycles. The zero-order valence-corrected chi connectivity index (χ0v) is 42.3. The van der Waals surface area contributed by atoms with Crippen LogP contribution in [0.1, 0.15) is 258 Å². The summed E-state index contributed by atoms with van der Waals surface area (Å²) in [6.45, 7) is 4.19. The molecule has 368 valence electrons. The first-order valence-electron chi connectivity index (χ1n) is 27.5. The van der Waals surface area contributed by atoms with Crippen molar-refractivity contribution in [1.82, 2.24) is 5.32 Å². The molecular weight excluding hydrogens is 783 g/mol. The molecule has 0 radical (unpaired) electrons. The van der Waals surface area contributed by atoms with Crippen LogP contribution in [0.2, 0.25) is 0 Å². The number of aliphatic hydroxyl groups excluding tert-OH is 2. The highest BCUT2D eigenvalue weighted by atomic mass is 16.3. The number of hydrogen-bond donors (Lipinski definition) is 3. The van der Waals surface area contributed by atoms with E-state index in [1.54, 1.807) is 6.08 Å². The summed E-state index contributed by atoms with van der Waals surface area (Å²) in [5.41, 5.74) is 0. The van der Waals surface area contributed by atoms with Crippen LogP contribution in [0.15, 0.2) is 97.2 Å². The van der Waals surface area contributed by atoms with Crippen molar-refractivity contribution in [2.24, 2.45) is 0 Å². The van der Waals surface area contributed by atoms with Gasteiger partial charge in [0.25, 0.3) is 0 Å². The lowest BCUT2D eigenvalue weighted by Gasteiger charge is -2.19. The van der Waals surface area contributed by atoms with E-state index in [0.29, 0.717) is 6.42 Å². The monoisotopic (exact) mass is 888 g/mol. The summed E-state index contributed by atoms with van der Waals surface area (Å²) in [7, 11) is 0. The highest BCUT2D eigenvalue weighted by Gasteiger charge is 2.17. The third kappa shape index (κ3) is 50.3. The third-order valence-electron chi connectivity index (χ3n) is 12.0. The van der Waals surface area contributed by atoms with E-state index in [2.05, 4.69) is 104 Å². The van der Waals surface area contributed by atoms with Crippen LogP contribution in [0.5, 0.6) is 0 Å². The Hall–Kier alpha value is -2.69. The van der Waals surface area contributed by atoms with Crippen molar-refractivity contribution in [3.63, 3.8) is 0 Å². The molecule has 0 aromatic rings. The summed E-state index contributed by atoms with van der Waals surface area (Å²) in [4.78, 5) is 12.5. The lowest BCUT2D eigenvalue weighted by atomic mass is 10.0. The molecule has 4 nitrogen and oxygen atoms in total. The van der Waals surface area contributed by atoms with Gasteiger partial charge in [0.15, 0.2) is 0 Å². The molecule has 0 saturated carbocycles. The molecule has 0 heterocycles. The summed E-state index contributed by atoms with van der Waals surface area (Å²) in [5, 5.41) is 23.1. The van der Waals surface area contributed by atoms with Crippen molar-refractivity contribution < 1.29 is 15.0 Å². The van der Waals surface area contributed by atoms with E-state index in [1.807, 2.05) is 6.08 Å². The number of aliphatic hydroxyl groups is 2. The molecule has 0 fully saturated rings. The van der Waals surface area contributed by atoms with Gasteiger partial charge in [-0.05, 0) is 89.9 Å². The molecule has 2 atom stereocenters. The van der Waals surface area contributed by atoms with Crippen LogP contribution in [0.25, 0.3) is 0 Å². The van der Waals surface area contributed by atoms with Crippen LogP contribution < -0.4 is 5.32 Å². The fraction of sp³-hybridized carbons (Fsp3) is 0.717. The molecule has 0 saturated heterocycles. The summed E-state index contributed by atoms with van der Waals surface area (Å²) in [6.07, 6.45) is 81.3. The SMILES string of the molecule is CC/C=C\C/C=C\C/C=C\C/C=C\C/C=C\CCCCCCCCCCCCCCCC(=O)NC(CO)C(O)/C=C/CC/C=C/CC/C=C/CCCCCCCCCCCCCCC. The van der Waals surface area contributed by atoms with Gasteiger partial charge in [-0.15, -0.1) is 0 Å². The molecule has 1 amide bonds. The Morgan fingerprint density at radius 2 is 0.703 bits per heavy atom. The second-order valence-corrected chi connectivity index (χ2v) is 18.2. The predicted octanol–water partition coefficient (Wildman–Crippen LogP) is 18.1. The lowest BCUT2D eigenvalue weighted by Crippen LogP contribution is -2.45. The van der Waals surface area contributed by atoms with Crippen molar-refractivity contribution in [2.45, 2.75) is 270 Å². The van der Waals surface area contributed by atoms with Gasteiger partial charge in [-0.2, -0.15) is 0 Å². The van der Waals surface area contributed by atoms with Gasteiger partial charge < -0.3 is 15.5 Å². The molecular formula is C60H105NO3. The van der Waals surface area contributed by atoms with Crippen molar-refractivity contribution >= 4 is 5.91 Å². The smallest absolute Gasteiger partial charge is 0.220 e. The molecule has 0 rings (SSSR count). The van der Waals surface area contributed by atoms with Crippen LogP contribution in [-0.4, -0.2) is 34.9 Å². The average molecular weight is 889 g/mol. The quantitative estimate of drug-likeness (QED) is 0.0421. The highest BCUT2D eigenvalue weighted by Crippen LogP contribution is 2.15. The number of nitrogens with one attached hydrogen (secondary N) is 1. The molecule has 0 aliphatic rings. The van der Waals surface area contributed by atoms with Gasteiger partial charge in [-0.25, -0.2) is 0 Å². The Kier molecular flexibility index (Phi) is 52.3. The van der Waals surface area contributed by atoms with Crippen LogP contribution in [0, 0.1) is 0 Å². The predicted molar refractivity (Wildman–Crippen MR) is 285 cm³/mol. The number of rotatable bonds is 49. The molecule has 0 spiro atoms. The van der Waals surface area contributed by atoms with Gasteiger partial charge in [0.1, 0.15) is 0 Å². The average Bonchev–Trinajstić information content (AvgIpc) is 3.30. The minimum atomic E-state index is -0.877. The van der Waals surface area contributed by atoms with Crippen molar-refractivity contribution in [3.8, 4) is 0 Å².